The van der Waals surface area contributed by atoms with Gasteiger partial charge in [0.05, 0.1) is 16.6 Å². The van der Waals surface area contributed by atoms with E-state index in [1.165, 1.54) is 16.7 Å². The zero-order valence-corrected chi connectivity index (χ0v) is 22.4. The number of anilines is 2. The van der Waals surface area contributed by atoms with Crippen LogP contribution in [0.1, 0.15) is 21.9 Å². The number of para-hydroxylation sites is 1. The number of aromatic amines is 1. The monoisotopic (exact) mass is 557 g/mol. The summed E-state index contributed by atoms with van der Waals surface area (Å²) in [5.74, 6) is -1.50. The van der Waals surface area contributed by atoms with Crippen LogP contribution >= 0.6 is 23.1 Å². The molecule has 3 atom stereocenters. The Morgan fingerprint density at radius 1 is 0.949 bits per heavy atom. The van der Waals surface area contributed by atoms with Gasteiger partial charge in [0.2, 0.25) is 11.8 Å². The van der Waals surface area contributed by atoms with Crippen molar-refractivity contribution in [2.45, 2.75) is 23.1 Å². The maximum atomic E-state index is 13.7. The van der Waals surface area contributed by atoms with Crippen LogP contribution in [0.15, 0.2) is 88.7 Å². The number of thioether (sulfide) groups is 1. The molecule has 3 aromatic carbocycles. The van der Waals surface area contributed by atoms with E-state index in [1.807, 2.05) is 49.4 Å². The van der Waals surface area contributed by atoms with E-state index < -0.39 is 17.1 Å². The third-order valence-electron chi connectivity index (χ3n) is 6.78. The van der Waals surface area contributed by atoms with Crippen LogP contribution in [0.5, 0.6) is 5.75 Å². The molecule has 0 spiro atoms. The van der Waals surface area contributed by atoms with Gasteiger partial charge in [-0.3, -0.25) is 19.2 Å². The highest BCUT2D eigenvalue weighted by Crippen LogP contribution is 2.53. The molecule has 3 unspecified atom stereocenters. The molecule has 0 saturated carbocycles. The van der Waals surface area contributed by atoms with Gasteiger partial charge in [0.25, 0.3) is 5.91 Å². The molecule has 6 rings (SSSR count). The van der Waals surface area contributed by atoms with Gasteiger partial charge in [0, 0.05) is 16.5 Å². The molecule has 1 aromatic heterocycles. The maximum absolute atomic E-state index is 13.7. The highest BCUT2D eigenvalue weighted by atomic mass is 32.2. The molecule has 10 heteroatoms. The van der Waals surface area contributed by atoms with Gasteiger partial charge in [-0.05, 0) is 48.9 Å². The number of hydrogen-bond donors (Lipinski definition) is 2. The Labute approximate surface area is 232 Å². The van der Waals surface area contributed by atoms with Crippen LogP contribution in [-0.4, -0.2) is 34.6 Å². The molecule has 196 valence electrons. The molecule has 1 fully saturated rings. The largest absolute Gasteiger partial charge is 0.484 e. The lowest BCUT2D eigenvalue weighted by atomic mass is 9.83. The van der Waals surface area contributed by atoms with E-state index >= 15 is 0 Å². The van der Waals surface area contributed by atoms with Crippen molar-refractivity contribution in [1.29, 1.82) is 0 Å². The molecule has 1 saturated heterocycles. The van der Waals surface area contributed by atoms with Crippen molar-refractivity contribution in [1.82, 2.24) is 4.98 Å². The van der Waals surface area contributed by atoms with Crippen molar-refractivity contribution in [2.75, 3.05) is 16.8 Å². The van der Waals surface area contributed by atoms with Gasteiger partial charge in [-0.15, -0.1) is 0 Å². The molecular weight excluding hydrogens is 534 g/mol. The number of nitrogens with zero attached hydrogens (tertiary/aromatic N) is 1. The minimum absolute atomic E-state index is 0.166. The van der Waals surface area contributed by atoms with Gasteiger partial charge < -0.3 is 15.0 Å². The normalized spacial score (nSPS) is 19.9. The molecule has 0 bridgehead atoms. The number of H-pyrrole nitrogens is 1. The van der Waals surface area contributed by atoms with Gasteiger partial charge in [-0.2, -0.15) is 0 Å². The van der Waals surface area contributed by atoms with Crippen LogP contribution < -0.4 is 19.8 Å². The van der Waals surface area contributed by atoms with Crippen LogP contribution in [0.2, 0.25) is 0 Å². The number of hydrogen-bond acceptors (Lipinski definition) is 7. The van der Waals surface area contributed by atoms with Crippen molar-refractivity contribution < 1.29 is 19.1 Å². The fourth-order valence-corrected chi connectivity index (χ4v) is 7.48. The minimum Gasteiger partial charge on any atom is -0.484 e. The van der Waals surface area contributed by atoms with E-state index in [-0.39, 0.29) is 29.2 Å². The highest BCUT2D eigenvalue weighted by molar-refractivity contribution is 8.00. The van der Waals surface area contributed by atoms with E-state index in [2.05, 4.69) is 10.3 Å². The first-order chi connectivity index (χ1) is 18.9. The van der Waals surface area contributed by atoms with E-state index in [4.69, 9.17) is 4.74 Å². The molecule has 4 aromatic rings. The fraction of sp³-hybridized carbons (Fsp3) is 0.172. The SMILES string of the molecule is Cc1ccc(NC(=O)COc2ccc(C3c4sc(=O)[nH]c4SC4C(=O)N(c5ccccc5)C(=O)C43)cc2)cc1. The average Bonchev–Trinajstić information content (AvgIpc) is 3.43. The standard InChI is InChI=1S/C29H23N3O5S2/c1-16-7-11-18(12-8-16)30-21(33)15-37-20-13-9-17(10-14-20)22-23-25(38-26-24(22)39-29(36)31-26)28(35)32(27(23)34)19-5-3-2-4-6-19/h2-14,22-23,25H,15H2,1H3,(H,30,33)(H,31,36). The van der Waals surface area contributed by atoms with Gasteiger partial charge >= 0.3 is 4.87 Å². The second-order valence-electron chi connectivity index (χ2n) is 9.37. The Bertz CT molecular complexity index is 1610. The number of thiazole rings is 1. The second-order valence-corrected chi connectivity index (χ2v) is 11.5. The summed E-state index contributed by atoms with van der Waals surface area (Å²) in [4.78, 5) is 56.3. The Kier molecular flexibility index (Phi) is 6.58. The lowest BCUT2D eigenvalue weighted by molar-refractivity contribution is -0.122. The summed E-state index contributed by atoms with van der Waals surface area (Å²) in [6.07, 6.45) is 0. The number of nitrogens with one attached hydrogen (secondary N) is 2. The summed E-state index contributed by atoms with van der Waals surface area (Å²) >= 11 is 2.31. The topological polar surface area (TPSA) is 109 Å². The Balaban J connectivity index is 1.24. The summed E-state index contributed by atoms with van der Waals surface area (Å²) in [7, 11) is 0. The van der Waals surface area contributed by atoms with Gasteiger partial charge in [0.1, 0.15) is 11.0 Å². The molecule has 8 nitrogen and oxygen atoms in total. The lowest BCUT2D eigenvalue weighted by Gasteiger charge is -2.29. The quantitative estimate of drug-likeness (QED) is 0.337. The van der Waals surface area contributed by atoms with Crippen LogP contribution in [0.25, 0.3) is 0 Å². The fourth-order valence-electron chi connectivity index (χ4n) is 4.96. The predicted octanol–water partition coefficient (Wildman–Crippen LogP) is 4.56. The highest BCUT2D eigenvalue weighted by Gasteiger charge is 2.56. The Hall–Kier alpha value is -4.15. The number of rotatable bonds is 6. The van der Waals surface area contributed by atoms with Crippen molar-refractivity contribution in [3.63, 3.8) is 0 Å². The Morgan fingerprint density at radius 2 is 1.67 bits per heavy atom. The number of imide groups is 1. The zero-order chi connectivity index (χ0) is 27.1. The number of carbonyl (C=O) groups excluding carboxylic acids is 3. The Morgan fingerprint density at radius 3 is 2.38 bits per heavy atom. The summed E-state index contributed by atoms with van der Waals surface area (Å²) in [6, 6.07) is 23.5. The predicted molar refractivity (Wildman–Crippen MR) is 151 cm³/mol. The van der Waals surface area contributed by atoms with Crippen molar-refractivity contribution in [3.05, 3.63) is 105 Å². The molecule has 2 aliphatic rings. The molecule has 2 N–H and O–H groups in total. The average molecular weight is 558 g/mol. The van der Waals surface area contributed by atoms with Crippen LogP contribution in [0, 0.1) is 12.8 Å². The third kappa shape index (κ3) is 4.77. The van der Waals surface area contributed by atoms with Crippen molar-refractivity contribution in [3.8, 4) is 5.75 Å². The molecule has 0 aliphatic carbocycles. The summed E-state index contributed by atoms with van der Waals surface area (Å²) in [6.45, 7) is 1.81. The molecule has 39 heavy (non-hydrogen) atoms. The number of carbonyl (C=O) groups is 3. The van der Waals surface area contributed by atoms with Crippen molar-refractivity contribution >= 4 is 52.2 Å². The number of aromatic nitrogens is 1. The number of ether oxygens (including phenoxy) is 1. The van der Waals surface area contributed by atoms with Gasteiger partial charge in [-0.1, -0.05) is 71.1 Å². The number of aryl methyl sites for hydroxylation is 1. The number of fused-ring (bicyclic) bond motifs is 2. The lowest BCUT2D eigenvalue weighted by Crippen LogP contribution is -2.32. The van der Waals surface area contributed by atoms with Gasteiger partial charge in [0.15, 0.2) is 6.61 Å². The van der Waals surface area contributed by atoms with E-state index in [9.17, 15) is 19.2 Å². The zero-order valence-electron chi connectivity index (χ0n) is 20.7. The minimum atomic E-state index is -0.659. The van der Waals surface area contributed by atoms with Crippen molar-refractivity contribution in [2.24, 2.45) is 5.92 Å². The molecular formula is C29H23N3O5S2. The third-order valence-corrected chi connectivity index (χ3v) is 9.18. The molecule has 3 heterocycles. The van der Waals surface area contributed by atoms with Crippen LogP contribution in [0.3, 0.4) is 0 Å². The van der Waals surface area contributed by atoms with Gasteiger partial charge in [-0.25, -0.2) is 4.90 Å². The molecule has 0 radical (unpaired) electrons. The first-order valence-corrected chi connectivity index (χ1v) is 14.0. The number of benzene rings is 3. The smallest absolute Gasteiger partial charge is 0.305 e. The summed E-state index contributed by atoms with van der Waals surface area (Å²) in [5.41, 5.74) is 3.11. The second kappa shape index (κ2) is 10.2. The first-order valence-electron chi connectivity index (χ1n) is 12.3. The van der Waals surface area contributed by atoms with E-state index in [1.54, 1.807) is 36.4 Å². The van der Waals surface area contributed by atoms with E-state index in [0.29, 0.717) is 22.2 Å². The van der Waals surface area contributed by atoms with Crippen LogP contribution in [-0.2, 0) is 14.4 Å². The summed E-state index contributed by atoms with van der Waals surface area (Å²) in [5, 5.41) is 2.77. The van der Waals surface area contributed by atoms with E-state index in [0.717, 1.165) is 27.3 Å². The molecule has 2 aliphatic heterocycles. The van der Waals surface area contributed by atoms with Crippen LogP contribution in [0.4, 0.5) is 11.4 Å². The maximum Gasteiger partial charge on any atom is 0.305 e. The first kappa shape index (κ1) is 25.1. The number of amides is 3. The summed E-state index contributed by atoms with van der Waals surface area (Å²) < 4.78 is 5.68. The molecule has 3 amide bonds.